The van der Waals surface area contributed by atoms with Crippen LogP contribution in [-0.4, -0.2) is 19.9 Å². The van der Waals surface area contributed by atoms with E-state index in [4.69, 9.17) is 0 Å². The zero-order valence-corrected chi connectivity index (χ0v) is 10.5. The Kier molecular flexibility index (Phi) is 4.08. The fourth-order valence-electron chi connectivity index (χ4n) is 0.800. The third-order valence-corrected chi connectivity index (χ3v) is 3.09. The molecule has 0 aromatic carbocycles. The smallest absolute Gasteiger partial charge is 0.255 e. The molecule has 1 heterocycles. The maximum Gasteiger partial charge on any atom is 0.300 e. The summed E-state index contributed by atoms with van der Waals surface area (Å²) in [5.41, 5.74) is 0. The van der Waals surface area contributed by atoms with Gasteiger partial charge in [-0.2, -0.15) is 13.1 Å². The zero-order chi connectivity index (χ0) is 10.6. The van der Waals surface area contributed by atoms with Gasteiger partial charge >= 0.3 is 0 Å². The fourth-order valence-corrected chi connectivity index (χ4v) is 1.97. The normalized spacial score (nSPS) is 11.3. The molecule has 0 aliphatic rings. The van der Waals surface area contributed by atoms with Gasteiger partial charge in [0.2, 0.25) is 0 Å². The van der Waals surface area contributed by atoms with Crippen LogP contribution in [0.5, 0.6) is 0 Å². The molecule has 1 rings (SSSR count). The minimum absolute atomic E-state index is 0.311. The van der Waals surface area contributed by atoms with E-state index in [2.05, 4.69) is 37.0 Å². The summed E-state index contributed by atoms with van der Waals surface area (Å²) in [5.74, 6) is 0.311. The van der Waals surface area contributed by atoms with Crippen LogP contribution in [0.1, 0.15) is 6.92 Å². The number of anilines is 1. The van der Waals surface area contributed by atoms with Crippen LogP contribution in [0, 0.1) is 3.57 Å². The molecule has 78 valence electrons. The molecule has 0 radical (unpaired) electrons. The van der Waals surface area contributed by atoms with Gasteiger partial charge in [-0.1, -0.05) is 6.92 Å². The molecule has 7 heteroatoms. The van der Waals surface area contributed by atoms with Crippen molar-refractivity contribution in [3.05, 3.63) is 21.9 Å². The van der Waals surface area contributed by atoms with E-state index >= 15 is 0 Å². The lowest BCUT2D eigenvalue weighted by Crippen LogP contribution is -2.30. The number of nitrogens with one attached hydrogen (secondary N) is 2. The van der Waals surface area contributed by atoms with Gasteiger partial charge in [-0.15, -0.1) is 0 Å². The Morgan fingerprint density at radius 3 is 2.71 bits per heavy atom. The van der Waals surface area contributed by atoms with Gasteiger partial charge in [0.05, 0.1) is 0 Å². The first kappa shape index (κ1) is 11.7. The summed E-state index contributed by atoms with van der Waals surface area (Å²) in [7, 11) is -3.46. The molecule has 1 aromatic heterocycles. The van der Waals surface area contributed by atoms with Crippen LogP contribution in [0.4, 0.5) is 5.82 Å². The van der Waals surface area contributed by atoms with Gasteiger partial charge in [0.15, 0.2) is 0 Å². The first-order valence-corrected chi connectivity index (χ1v) is 6.48. The summed E-state index contributed by atoms with van der Waals surface area (Å²) in [6.45, 7) is 2.06. The molecule has 0 bridgehead atoms. The third-order valence-electron chi connectivity index (χ3n) is 1.30. The van der Waals surface area contributed by atoms with Crippen molar-refractivity contribution in [2.75, 3.05) is 11.3 Å². The number of halogens is 1. The number of rotatable bonds is 4. The zero-order valence-electron chi connectivity index (χ0n) is 7.49. The van der Waals surface area contributed by atoms with Gasteiger partial charge in [-0.3, -0.25) is 4.72 Å². The Morgan fingerprint density at radius 1 is 1.50 bits per heavy atom. The second-order valence-electron chi connectivity index (χ2n) is 2.47. The first-order valence-electron chi connectivity index (χ1n) is 3.92. The monoisotopic (exact) mass is 327 g/mol. The Morgan fingerprint density at radius 2 is 2.21 bits per heavy atom. The molecule has 0 unspecified atom stereocenters. The second kappa shape index (κ2) is 4.89. The van der Waals surface area contributed by atoms with E-state index in [-0.39, 0.29) is 0 Å². The van der Waals surface area contributed by atoms with Crippen molar-refractivity contribution in [3.63, 3.8) is 0 Å². The summed E-state index contributed by atoms with van der Waals surface area (Å²) in [6, 6.07) is 3.38. The molecule has 5 nitrogen and oxygen atoms in total. The highest BCUT2D eigenvalue weighted by Crippen LogP contribution is 2.07. The lowest BCUT2D eigenvalue weighted by molar-refractivity contribution is 0.589. The Bertz CT molecular complexity index is 390. The molecular weight excluding hydrogens is 317 g/mol. The van der Waals surface area contributed by atoms with Crippen LogP contribution in [0.25, 0.3) is 0 Å². The number of hydrogen-bond acceptors (Lipinski definition) is 3. The largest absolute Gasteiger partial charge is 0.300 e. The van der Waals surface area contributed by atoms with Crippen LogP contribution in [0.15, 0.2) is 18.3 Å². The van der Waals surface area contributed by atoms with Crippen LogP contribution in [-0.2, 0) is 10.2 Å². The van der Waals surface area contributed by atoms with Crippen molar-refractivity contribution < 1.29 is 8.42 Å². The first-order chi connectivity index (χ1) is 6.53. The minimum Gasteiger partial charge on any atom is -0.255 e. The summed E-state index contributed by atoms with van der Waals surface area (Å²) >= 11 is 2.10. The number of pyridine rings is 1. The van der Waals surface area contributed by atoms with Gasteiger partial charge in [-0.25, -0.2) is 4.98 Å². The molecule has 0 fully saturated rings. The van der Waals surface area contributed by atoms with E-state index in [1.807, 2.05) is 0 Å². The van der Waals surface area contributed by atoms with Crippen molar-refractivity contribution in [2.45, 2.75) is 6.92 Å². The van der Waals surface area contributed by atoms with Gasteiger partial charge in [-0.05, 0) is 34.7 Å². The topological polar surface area (TPSA) is 71.1 Å². The van der Waals surface area contributed by atoms with E-state index in [9.17, 15) is 8.42 Å². The maximum absolute atomic E-state index is 11.2. The molecular formula is C7H10IN3O2S. The molecule has 2 N–H and O–H groups in total. The Balaban J connectivity index is 2.74. The molecule has 0 saturated carbocycles. The molecule has 0 spiro atoms. The van der Waals surface area contributed by atoms with Crippen molar-refractivity contribution in [1.29, 1.82) is 0 Å². The predicted octanol–water partition coefficient (Wildman–Crippen LogP) is 0.952. The molecule has 0 saturated heterocycles. The molecule has 1 aromatic rings. The fraction of sp³-hybridized carbons (Fsp3) is 0.286. The van der Waals surface area contributed by atoms with E-state index in [1.165, 1.54) is 0 Å². The Hall–Kier alpha value is -0.410. The van der Waals surface area contributed by atoms with Gasteiger partial charge in [0.1, 0.15) is 5.82 Å². The maximum atomic E-state index is 11.2. The number of hydrogen-bond donors (Lipinski definition) is 2. The molecule has 14 heavy (non-hydrogen) atoms. The Labute approximate surface area is 96.6 Å². The highest BCUT2D eigenvalue weighted by molar-refractivity contribution is 14.1. The molecule has 0 aliphatic carbocycles. The quantitative estimate of drug-likeness (QED) is 0.809. The van der Waals surface area contributed by atoms with Crippen molar-refractivity contribution >= 4 is 38.6 Å². The lowest BCUT2D eigenvalue weighted by atomic mass is 10.5. The van der Waals surface area contributed by atoms with E-state index in [0.29, 0.717) is 12.4 Å². The van der Waals surface area contributed by atoms with Crippen molar-refractivity contribution in [3.8, 4) is 0 Å². The number of aromatic nitrogens is 1. The highest BCUT2D eigenvalue weighted by atomic mass is 127. The standard InChI is InChI=1S/C7H10IN3O2S/c1-2-10-14(12,13)11-7-4-3-6(8)5-9-7/h3-5,10H,2H2,1H3,(H,9,11). The molecule has 0 aliphatic heterocycles. The average Bonchev–Trinajstić information content (AvgIpc) is 2.08. The van der Waals surface area contributed by atoms with E-state index in [0.717, 1.165) is 3.57 Å². The van der Waals surface area contributed by atoms with E-state index < -0.39 is 10.2 Å². The van der Waals surface area contributed by atoms with Crippen LogP contribution < -0.4 is 9.44 Å². The van der Waals surface area contributed by atoms with Gasteiger partial charge in [0.25, 0.3) is 10.2 Å². The van der Waals surface area contributed by atoms with Gasteiger partial charge in [0, 0.05) is 16.3 Å². The van der Waals surface area contributed by atoms with E-state index in [1.54, 1.807) is 25.3 Å². The third kappa shape index (κ3) is 3.76. The molecule has 0 atom stereocenters. The van der Waals surface area contributed by atoms with Gasteiger partial charge < -0.3 is 0 Å². The highest BCUT2D eigenvalue weighted by Gasteiger charge is 2.07. The van der Waals surface area contributed by atoms with Crippen molar-refractivity contribution in [2.24, 2.45) is 0 Å². The van der Waals surface area contributed by atoms with Crippen molar-refractivity contribution in [1.82, 2.24) is 9.71 Å². The second-order valence-corrected chi connectivity index (χ2v) is 5.21. The number of nitrogens with zero attached hydrogens (tertiary/aromatic N) is 1. The lowest BCUT2D eigenvalue weighted by Gasteiger charge is -2.06. The van der Waals surface area contributed by atoms with Crippen LogP contribution >= 0.6 is 22.6 Å². The summed E-state index contributed by atoms with van der Waals surface area (Å²) < 4.78 is 28.0. The SMILES string of the molecule is CCNS(=O)(=O)Nc1ccc(I)cn1. The summed E-state index contributed by atoms with van der Waals surface area (Å²) in [5, 5.41) is 0. The summed E-state index contributed by atoms with van der Waals surface area (Å²) in [4.78, 5) is 3.91. The van der Waals surface area contributed by atoms with Crippen LogP contribution in [0.2, 0.25) is 0 Å². The summed E-state index contributed by atoms with van der Waals surface area (Å²) in [6.07, 6.45) is 1.59. The minimum atomic E-state index is -3.46. The predicted molar refractivity (Wildman–Crippen MR) is 63.2 cm³/mol. The average molecular weight is 327 g/mol. The molecule has 0 amide bonds. The van der Waals surface area contributed by atoms with Crippen LogP contribution in [0.3, 0.4) is 0 Å².